The van der Waals surface area contributed by atoms with Crippen LogP contribution in [0.15, 0.2) is 24.3 Å². The molecule has 0 amide bonds. The molecule has 0 unspecified atom stereocenters. The molecule has 0 spiro atoms. The van der Waals surface area contributed by atoms with Crippen molar-refractivity contribution < 1.29 is 9.53 Å². The molecule has 0 atom stereocenters. The number of carbonyl (C=O) groups is 1. The highest BCUT2D eigenvalue weighted by molar-refractivity contribution is 5.65. The van der Waals surface area contributed by atoms with E-state index in [-0.39, 0.29) is 5.97 Å². The number of hydrogen-bond acceptors (Lipinski definition) is 2. The van der Waals surface area contributed by atoms with Crippen molar-refractivity contribution in [2.45, 2.75) is 90.9 Å². The van der Waals surface area contributed by atoms with Gasteiger partial charge in [0.25, 0.3) is 0 Å². The second kappa shape index (κ2) is 18.0. The molecule has 0 saturated heterocycles. The van der Waals surface area contributed by atoms with E-state index in [9.17, 15) is 4.79 Å². The van der Waals surface area contributed by atoms with Gasteiger partial charge in [-0.3, -0.25) is 4.79 Å². The molecule has 0 rings (SSSR count). The van der Waals surface area contributed by atoms with E-state index in [1.165, 1.54) is 51.9 Å². The molecule has 128 valence electrons. The Hall–Kier alpha value is -1.05. The van der Waals surface area contributed by atoms with Crippen LogP contribution in [0, 0.1) is 0 Å². The third-order valence-corrected chi connectivity index (χ3v) is 3.63. The van der Waals surface area contributed by atoms with Gasteiger partial charge in [0, 0.05) is 6.92 Å². The first-order chi connectivity index (χ1) is 10.8. The average molecular weight is 309 g/mol. The van der Waals surface area contributed by atoms with Crippen molar-refractivity contribution in [3.63, 3.8) is 0 Å². The maximum Gasteiger partial charge on any atom is 0.302 e. The Morgan fingerprint density at radius 2 is 1.23 bits per heavy atom. The molecule has 2 heteroatoms. The highest BCUT2D eigenvalue weighted by Crippen LogP contribution is 2.07. The number of unbranched alkanes of at least 4 members (excludes halogenated alkanes) is 9. The highest BCUT2D eigenvalue weighted by Gasteiger charge is 1.91. The van der Waals surface area contributed by atoms with E-state index in [1.54, 1.807) is 0 Å². The maximum absolute atomic E-state index is 10.6. The maximum atomic E-state index is 10.6. The highest BCUT2D eigenvalue weighted by atomic mass is 16.5. The Morgan fingerprint density at radius 3 is 1.82 bits per heavy atom. The second-order valence-electron chi connectivity index (χ2n) is 5.91. The molecular weight excluding hydrogens is 272 g/mol. The van der Waals surface area contributed by atoms with Crippen LogP contribution in [-0.2, 0) is 9.53 Å². The fraction of sp³-hybridized carbons (Fsp3) is 0.750. The van der Waals surface area contributed by atoms with Gasteiger partial charge >= 0.3 is 5.97 Å². The SMILES string of the molecule is CCCCCCCC/C=C\CC/C=C\CCCCOC(C)=O. The van der Waals surface area contributed by atoms with Crippen molar-refractivity contribution in [2.75, 3.05) is 6.61 Å². The molecule has 0 bridgehead atoms. The van der Waals surface area contributed by atoms with E-state index >= 15 is 0 Å². The lowest BCUT2D eigenvalue weighted by atomic mass is 10.1. The van der Waals surface area contributed by atoms with E-state index in [0.29, 0.717) is 6.61 Å². The summed E-state index contributed by atoms with van der Waals surface area (Å²) in [5.74, 6) is -0.178. The van der Waals surface area contributed by atoms with Gasteiger partial charge < -0.3 is 4.74 Å². The van der Waals surface area contributed by atoms with E-state index in [1.807, 2.05) is 0 Å². The van der Waals surface area contributed by atoms with Crippen LogP contribution in [-0.4, -0.2) is 12.6 Å². The second-order valence-corrected chi connectivity index (χ2v) is 5.91. The van der Waals surface area contributed by atoms with Gasteiger partial charge in [0.05, 0.1) is 6.61 Å². The Morgan fingerprint density at radius 1 is 0.727 bits per heavy atom. The Balaban J connectivity index is 3.18. The summed E-state index contributed by atoms with van der Waals surface area (Å²) < 4.78 is 4.89. The van der Waals surface area contributed by atoms with Gasteiger partial charge in [0.15, 0.2) is 0 Å². The zero-order valence-electron chi connectivity index (χ0n) is 14.8. The summed E-state index contributed by atoms with van der Waals surface area (Å²) in [4.78, 5) is 10.6. The normalized spacial score (nSPS) is 11.5. The van der Waals surface area contributed by atoms with Crippen molar-refractivity contribution in [1.29, 1.82) is 0 Å². The minimum absolute atomic E-state index is 0.178. The van der Waals surface area contributed by atoms with Gasteiger partial charge in [-0.05, 0) is 44.9 Å². The van der Waals surface area contributed by atoms with Crippen molar-refractivity contribution in [2.24, 2.45) is 0 Å². The topological polar surface area (TPSA) is 26.3 Å². The molecule has 0 aromatic rings. The van der Waals surface area contributed by atoms with Gasteiger partial charge in [-0.1, -0.05) is 63.3 Å². The summed E-state index contributed by atoms with van der Waals surface area (Å²) in [6.45, 7) is 4.28. The molecule has 0 heterocycles. The Kier molecular flexibility index (Phi) is 17.1. The summed E-state index contributed by atoms with van der Waals surface area (Å²) in [5.41, 5.74) is 0. The van der Waals surface area contributed by atoms with E-state index in [2.05, 4.69) is 31.2 Å². The van der Waals surface area contributed by atoms with E-state index in [4.69, 9.17) is 4.74 Å². The number of allylic oxidation sites excluding steroid dienone is 4. The van der Waals surface area contributed by atoms with Crippen LogP contribution in [0.2, 0.25) is 0 Å². The molecule has 0 aromatic heterocycles. The molecule has 0 aliphatic heterocycles. The molecule has 0 saturated carbocycles. The lowest BCUT2D eigenvalue weighted by molar-refractivity contribution is -0.141. The first kappa shape index (κ1) is 20.9. The summed E-state index contributed by atoms with van der Waals surface area (Å²) in [5, 5.41) is 0. The molecule has 0 N–H and O–H groups in total. The van der Waals surface area contributed by atoms with Gasteiger partial charge in [-0.25, -0.2) is 0 Å². The summed E-state index contributed by atoms with van der Waals surface area (Å²) >= 11 is 0. The molecular formula is C20H36O2. The number of hydrogen-bond donors (Lipinski definition) is 0. The minimum Gasteiger partial charge on any atom is -0.466 e. The van der Waals surface area contributed by atoms with Gasteiger partial charge in [0.2, 0.25) is 0 Å². The van der Waals surface area contributed by atoms with E-state index < -0.39 is 0 Å². The van der Waals surface area contributed by atoms with Crippen molar-refractivity contribution in [3.05, 3.63) is 24.3 Å². The number of ether oxygens (including phenoxy) is 1. The van der Waals surface area contributed by atoms with Gasteiger partial charge in [0.1, 0.15) is 0 Å². The third kappa shape index (κ3) is 18.9. The summed E-state index contributed by atoms with van der Waals surface area (Å²) in [7, 11) is 0. The van der Waals surface area contributed by atoms with Crippen molar-refractivity contribution in [1.82, 2.24) is 0 Å². The Labute approximate surface area is 138 Å². The number of esters is 1. The van der Waals surface area contributed by atoms with Crippen LogP contribution in [0.25, 0.3) is 0 Å². The predicted molar refractivity (Wildman–Crippen MR) is 96.0 cm³/mol. The molecule has 0 aromatic carbocycles. The molecule has 0 fully saturated rings. The van der Waals surface area contributed by atoms with Crippen molar-refractivity contribution in [3.8, 4) is 0 Å². The van der Waals surface area contributed by atoms with Crippen LogP contribution in [0.4, 0.5) is 0 Å². The zero-order valence-corrected chi connectivity index (χ0v) is 14.8. The first-order valence-corrected chi connectivity index (χ1v) is 9.20. The molecule has 22 heavy (non-hydrogen) atoms. The molecule has 2 nitrogen and oxygen atoms in total. The molecule has 0 aliphatic carbocycles. The van der Waals surface area contributed by atoms with Crippen LogP contribution < -0.4 is 0 Å². The lowest BCUT2D eigenvalue weighted by Gasteiger charge is -1.99. The number of carbonyl (C=O) groups excluding carboxylic acids is 1. The lowest BCUT2D eigenvalue weighted by Crippen LogP contribution is -1.99. The fourth-order valence-electron chi connectivity index (χ4n) is 2.29. The van der Waals surface area contributed by atoms with Crippen LogP contribution in [0.5, 0.6) is 0 Å². The average Bonchev–Trinajstić information content (AvgIpc) is 2.50. The van der Waals surface area contributed by atoms with Crippen LogP contribution in [0.1, 0.15) is 90.9 Å². The number of rotatable bonds is 15. The quantitative estimate of drug-likeness (QED) is 0.200. The minimum atomic E-state index is -0.178. The standard InChI is InChI=1S/C20H36O2/c1-3-4-5-6-7-8-9-10-11-12-13-14-15-16-17-18-19-22-20(2)21/h10-11,14-15H,3-9,12-13,16-19H2,1-2H3/b11-10-,15-14-. The summed E-state index contributed by atoms with van der Waals surface area (Å²) in [6.07, 6.45) is 24.1. The largest absolute Gasteiger partial charge is 0.466 e. The fourth-order valence-corrected chi connectivity index (χ4v) is 2.29. The zero-order chi connectivity index (χ0) is 16.3. The summed E-state index contributed by atoms with van der Waals surface area (Å²) in [6, 6.07) is 0. The van der Waals surface area contributed by atoms with Crippen LogP contribution in [0.3, 0.4) is 0 Å². The molecule has 0 aliphatic rings. The van der Waals surface area contributed by atoms with Crippen LogP contribution >= 0.6 is 0 Å². The Bertz CT molecular complexity index is 292. The van der Waals surface area contributed by atoms with E-state index in [0.717, 1.165) is 32.1 Å². The monoisotopic (exact) mass is 308 g/mol. The first-order valence-electron chi connectivity index (χ1n) is 9.20. The smallest absolute Gasteiger partial charge is 0.302 e. The van der Waals surface area contributed by atoms with Gasteiger partial charge in [-0.2, -0.15) is 0 Å². The predicted octanol–water partition coefficient (Wildman–Crippen LogP) is 6.36. The molecule has 0 radical (unpaired) electrons. The van der Waals surface area contributed by atoms with Crippen molar-refractivity contribution >= 4 is 5.97 Å². The third-order valence-electron chi connectivity index (χ3n) is 3.63. The van der Waals surface area contributed by atoms with Gasteiger partial charge in [-0.15, -0.1) is 0 Å².